The van der Waals surface area contributed by atoms with Crippen molar-refractivity contribution in [3.8, 4) is 0 Å². The molecule has 0 aromatic heterocycles. The second-order valence-corrected chi connectivity index (χ2v) is 44.9. The third-order valence-corrected chi connectivity index (χ3v) is 35.8. The SMILES string of the molecule is CCCCCCCCCCCC(=O)N[C@@H](CCC(=O)OC(CCCCCCCC)(CCCCCCCCCCC)C1CC[C@@]2(C)C(=CCC3C2CC[C@@]2(C)C3CC[C@@H]2[C@H](C)CCCC(C)C)C1)C(=O)OC(CCCCCCCC)(CCCCCCCCCCC)C1CC[C@@]2(C)C(=CCC3C2CC[C@@]2(C)C3CC[C@@H]2[C@H](C)CCCC(C)C)C1. The second-order valence-electron chi connectivity index (χ2n) is 44.9. The number of carbonyl (C=O) groups excluding carboxylic acids is 3. The number of ether oxygens (including phenoxy) is 2. The summed E-state index contributed by atoms with van der Waals surface area (Å²) in [6.45, 7) is 37.4. The first-order valence-electron chi connectivity index (χ1n) is 53.6. The maximum absolute atomic E-state index is 16.5. The molecule has 0 heterocycles. The van der Waals surface area contributed by atoms with E-state index in [1.165, 1.54) is 315 Å². The molecule has 8 rings (SSSR count). The van der Waals surface area contributed by atoms with Crippen molar-refractivity contribution in [3.05, 3.63) is 23.3 Å². The molecular weight excluding hydrogens is 1430 g/mol. The van der Waals surface area contributed by atoms with Gasteiger partial charge in [-0.2, -0.15) is 0 Å². The number of hydrogen-bond donors (Lipinski definition) is 1. The largest absolute Gasteiger partial charge is 0.459 e. The van der Waals surface area contributed by atoms with Crippen LogP contribution in [0.3, 0.4) is 0 Å². The van der Waals surface area contributed by atoms with Crippen LogP contribution in [0.4, 0.5) is 0 Å². The monoisotopic (exact) mass is 1630 g/mol. The number of hydrogen-bond acceptors (Lipinski definition) is 5. The summed E-state index contributed by atoms with van der Waals surface area (Å²) < 4.78 is 15.4. The van der Waals surface area contributed by atoms with Crippen LogP contribution < -0.4 is 5.32 Å². The van der Waals surface area contributed by atoms with Crippen LogP contribution in [0.15, 0.2) is 23.3 Å². The van der Waals surface area contributed by atoms with Gasteiger partial charge in [-0.3, -0.25) is 9.59 Å². The molecule has 1 N–H and O–H groups in total. The number of allylic oxidation sites excluding steroid dienone is 4. The number of nitrogens with one attached hydrogen (secondary N) is 1. The van der Waals surface area contributed by atoms with Crippen LogP contribution in [-0.2, 0) is 23.9 Å². The molecule has 8 aliphatic carbocycles. The molecular formula is C111H199NO5. The quantitative estimate of drug-likeness (QED) is 0.0373. The summed E-state index contributed by atoms with van der Waals surface area (Å²) in [4.78, 5) is 47.3. The van der Waals surface area contributed by atoms with Gasteiger partial charge in [-0.05, 0) is 260 Å². The number of amides is 1. The molecule has 8 aliphatic rings. The lowest BCUT2D eigenvalue weighted by molar-refractivity contribution is -0.177. The lowest BCUT2D eigenvalue weighted by Crippen LogP contribution is -2.54. The summed E-state index contributed by atoms with van der Waals surface area (Å²) in [5, 5.41) is 3.45. The Kier molecular flexibility index (Phi) is 44.7. The molecule has 0 saturated heterocycles. The zero-order chi connectivity index (χ0) is 84.2. The molecule has 0 aromatic rings. The molecule has 0 bridgehead atoms. The molecule has 6 nitrogen and oxygen atoms in total. The standard InChI is InChI=1S/C111H199NO5/c1-16-21-26-31-36-39-42-45-50-61-103(113)112-102(105(115)117-111(78-53-47-35-30-25-20-5,79-54-49-44-41-38-33-28-23-18-3)93-73-81-107(13)91(85-93)63-65-95-99-69-67-97(89(11)60-56-58-87(8)9)109(99,15)83-75-101(95)107)70-71-104(114)116-110(76-51-46-34-29-24-19-4,77-52-48-43-40-37-32-27-22-17-2)92-72-80-106(12)90(84-92)62-64-94-98-68-66-96(88(10)59-55-57-86(6)7)108(98,14)82-74-100(94)106/h62-63,86-89,92-102H,16-61,64-85H2,1-15H3,(H,112,113)/t88-,89-,92?,93?,94?,95?,96-,97-,98?,99?,100?,101?,102+,106+,107+,108-,109-,110?,111?/m1/s1. The van der Waals surface area contributed by atoms with Crippen molar-refractivity contribution in [2.75, 3.05) is 0 Å². The van der Waals surface area contributed by atoms with Gasteiger partial charge in [0.2, 0.25) is 5.91 Å². The van der Waals surface area contributed by atoms with Crippen LogP contribution in [0, 0.1) is 105 Å². The maximum atomic E-state index is 16.5. The first-order valence-corrected chi connectivity index (χ1v) is 53.6. The van der Waals surface area contributed by atoms with E-state index < -0.39 is 17.2 Å². The predicted octanol–water partition coefficient (Wildman–Crippen LogP) is 34.4. The van der Waals surface area contributed by atoms with Gasteiger partial charge in [0.25, 0.3) is 0 Å². The Morgan fingerprint density at radius 2 is 0.701 bits per heavy atom. The van der Waals surface area contributed by atoms with Crippen molar-refractivity contribution in [3.63, 3.8) is 0 Å². The molecule has 0 spiro atoms. The van der Waals surface area contributed by atoms with Gasteiger partial charge >= 0.3 is 11.9 Å². The summed E-state index contributed by atoms with van der Waals surface area (Å²) in [6, 6.07) is -0.912. The Balaban J connectivity index is 1.09. The third kappa shape index (κ3) is 29.0. The van der Waals surface area contributed by atoms with Crippen molar-refractivity contribution < 1.29 is 23.9 Å². The van der Waals surface area contributed by atoms with Crippen molar-refractivity contribution in [2.45, 2.75) is 558 Å². The molecule has 10 unspecified atom stereocenters. The molecule has 678 valence electrons. The van der Waals surface area contributed by atoms with Crippen molar-refractivity contribution in [1.29, 1.82) is 0 Å². The average molecular weight is 1630 g/mol. The summed E-state index contributed by atoms with van der Waals surface area (Å²) in [6.07, 6.45) is 86.6. The van der Waals surface area contributed by atoms with Crippen LogP contribution in [0.1, 0.15) is 540 Å². The Bertz CT molecular complexity index is 2810. The van der Waals surface area contributed by atoms with E-state index in [1.54, 1.807) is 11.1 Å². The van der Waals surface area contributed by atoms with Gasteiger partial charge in [0.05, 0.1) is 0 Å². The van der Waals surface area contributed by atoms with Gasteiger partial charge < -0.3 is 14.8 Å². The first kappa shape index (κ1) is 100. The fourth-order valence-corrected chi connectivity index (χ4v) is 28.5. The number of carbonyl (C=O) groups is 3. The highest BCUT2D eigenvalue weighted by Crippen LogP contribution is 2.71. The number of rotatable bonds is 63. The second kappa shape index (κ2) is 52.1. The lowest BCUT2D eigenvalue weighted by atomic mass is 9.46. The zero-order valence-electron chi connectivity index (χ0n) is 80.9. The fraction of sp³-hybridized carbons (Fsp3) is 0.937. The highest BCUT2D eigenvalue weighted by Gasteiger charge is 2.63. The van der Waals surface area contributed by atoms with E-state index >= 15 is 9.59 Å². The van der Waals surface area contributed by atoms with E-state index in [-0.39, 0.29) is 53.4 Å². The number of esters is 2. The lowest BCUT2D eigenvalue weighted by Gasteiger charge is -2.59. The zero-order valence-corrected chi connectivity index (χ0v) is 80.9. The van der Waals surface area contributed by atoms with Crippen molar-refractivity contribution in [2.24, 2.45) is 105 Å². The molecule has 1 amide bonds. The van der Waals surface area contributed by atoms with Crippen LogP contribution >= 0.6 is 0 Å². The van der Waals surface area contributed by atoms with Gasteiger partial charge in [-0.15, -0.1) is 0 Å². The Morgan fingerprint density at radius 3 is 1.05 bits per heavy atom. The Labute approximate surface area is 728 Å². The van der Waals surface area contributed by atoms with Crippen LogP contribution in [-0.4, -0.2) is 35.1 Å². The average Bonchev–Trinajstić information content (AvgIpc) is 1.72. The number of unbranched alkanes of at least 4 members (excludes halogenated alkanes) is 34. The third-order valence-electron chi connectivity index (χ3n) is 35.8. The molecule has 0 aliphatic heterocycles. The molecule has 6 saturated carbocycles. The normalized spacial score (nSPS) is 29.9. The highest BCUT2D eigenvalue weighted by atomic mass is 16.6. The predicted molar refractivity (Wildman–Crippen MR) is 503 cm³/mol. The van der Waals surface area contributed by atoms with E-state index in [4.69, 9.17) is 9.47 Å². The van der Waals surface area contributed by atoms with Crippen molar-refractivity contribution >= 4 is 17.8 Å². The summed E-state index contributed by atoms with van der Waals surface area (Å²) in [5.41, 5.74) is 3.47. The fourth-order valence-electron chi connectivity index (χ4n) is 28.5. The van der Waals surface area contributed by atoms with Gasteiger partial charge in [-0.1, -0.05) is 384 Å². The minimum absolute atomic E-state index is 0.0557. The minimum atomic E-state index is -0.912. The summed E-state index contributed by atoms with van der Waals surface area (Å²) in [5.74, 6) is 9.59. The molecule has 6 fully saturated rings. The topological polar surface area (TPSA) is 81.7 Å². The molecule has 0 aromatic carbocycles. The Hall–Kier alpha value is -2.11. The van der Waals surface area contributed by atoms with Crippen molar-refractivity contribution in [1.82, 2.24) is 5.32 Å². The van der Waals surface area contributed by atoms with E-state index in [0.717, 1.165) is 174 Å². The maximum Gasteiger partial charge on any atom is 0.329 e. The van der Waals surface area contributed by atoms with Gasteiger partial charge in [0.1, 0.15) is 17.2 Å². The smallest absolute Gasteiger partial charge is 0.329 e. The number of fused-ring (bicyclic) bond motifs is 10. The van der Waals surface area contributed by atoms with Gasteiger partial charge in [0.15, 0.2) is 0 Å². The summed E-state index contributed by atoms with van der Waals surface area (Å²) >= 11 is 0. The van der Waals surface area contributed by atoms with E-state index in [2.05, 4.69) is 121 Å². The summed E-state index contributed by atoms with van der Waals surface area (Å²) in [7, 11) is 0. The van der Waals surface area contributed by atoms with Gasteiger partial charge in [-0.25, -0.2) is 4.79 Å². The minimum Gasteiger partial charge on any atom is -0.459 e. The molecule has 117 heavy (non-hydrogen) atoms. The van der Waals surface area contributed by atoms with Crippen LogP contribution in [0.25, 0.3) is 0 Å². The van der Waals surface area contributed by atoms with E-state index in [0.29, 0.717) is 17.3 Å². The highest BCUT2D eigenvalue weighted by molar-refractivity contribution is 5.85. The molecule has 19 atom stereocenters. The van der Waals surface area contributed by atoms with E-state index in [1.807, 2.05) is 0 Å². The van der Waals surface area contributed by atoms with Crippen LogP contribution in [0.5, 0.6) is 0 Å². The first-order chi connectivity index (χ1) is 56.5. The van der Waals surface area contributed by atoms with E-state index in [9.17, 15) is 4.79 Å². The Morgan fingerprint density at radius 1 is 0.368 bits per heavy atom. The van der Waals surface area contributed by atoms with Crippen LogP contribution in [0.2, 0.25) is 0 Å². The molecule has 0 radical (unpaired) electrons. The van der Waals surface area contributed by atoms with Gasteiger partial charge in [0, 0.05) is 24.7 Å². The molecule has 6 heteroatoms.